The lowest BCUT2D eigenvalue weighted by Gasteiger charge is -2.06. The van der Waals surface area contributed by atoms with Crippen LogP contribution >= 0.6 is 11.8 Å². The molecule has 0 atom stereocenters. The summed E-state index contributed by atoms with van der Waals surface area (Å²) >= 11 is 1.19. The van der Waals surface area contributed by atoms with E-state index in [4.69, 9.17) is 10.5 Å². The second kappa shape index (κ2) is 5.66. The summed E-state index contributed by atoms with van der Waals surface area (Å²) in [5.74, 6) is -0.491. The van der Waals surface area contributed by atoms with Crippen LogP contribution in [0, 0.1) is 6.92 Å². The molecule has 0 fully saturated rings. The van der Waals surface area contributed by atoms with Gasteiger partial charge in [-0.1, -0.05) is 0 Å². The first-order valence-corrected chi connectivity index (χ1v) is 6.22. The van der Waals surface area contributed by atoms with Crippen LogP contribution in [0.15, 0.2) is 34.8 Å². The maximum Gasteiger partial charge on any atom is 0.340 e. The summed E-state index contributed by atoms with van der Waals surface area (Å²) < 4.78 is 4.70. The Bertz CT molecular complexity index is 601. The van der Waals surface area contributed by atoms with Gasteiger partial charge < -0.3 is 10.5 Å². The molecule has 0 aliphatic heterocycles. The number of nitrogens with two attached hydrogens (primary N) is 1. The lowest BCUT2D eigenvalue weighted by molar-refractivity contribution is 0.0596. The Morgan fingerprint density at radius 3 is 2.58 bits per heavy atom. The molecule has 0 amide bonds. The molecule has 19 heavy (non-hydrogen) atoms. The molecule has 2 aromatic rings. The molecule has 0 aromatic carbocycles. The Morgan fingerprint density at radius 2 is 1.95 bits per heavy atom. The molecule has 0 saturated carbocycles. The normalized spacial score (nSPS) is 10.2. The summed E-state index contributed by atoms with van der Waals surface area (Å²) in [5.41, 5.74) is 7.28. The molecule has 2 rings (SSSR count). The number of nitrogens with zero attached hydrogens (tertiary/aromatic N) is 3. The summed E-state index contributed by atoms with van der Waals surface area (Å²) in [6, 6.07) is 1.52. The van der Waals surface area contributed by atoms with Gasteiger partial charge in [-0.2, -0.15) is 0 Å². The van der Waals surface area contributed by atoms with Crippen LogP contribution in [0.2, 0.25) is 0 Å². The Hall–Kier alpha value is -2.15. The van der Waals surface area contributed by atoms with E-state index in [1.807, 2.05) is 6.92 Å². The number of aromatic nitrogens is 3. The highest BCUT2D eigenvalue weighted by Gasteiger charge is 2.15. The first-order chi connectivity index (χ1) is 9.10. The van der Waals surface area contributed by atoms with Gasteiger partial charge in [0.1, 0.15) is 5.03 Å². The molecule has 0 spiro atoms. The molecular weight excluding hydrogens is 264 g/mol. The fourth-order valence-corrected chi connectivity index (χ4v) is 2.07. The van der Waals surface area contributed by atoms with Crippen LogP contribution in [0.3, 0.4) is 0 Å². The topological polar surface area (TPSA) is 91.0 Å². The smallest absolute Gasteiger partial charge is 0.340 e. The van der Waals surface area contributed by atoms with Crippen molar-refractivity contribution in [1.29, 1.82) is 0 Å². The molecule has 0 radical (unpaired) electrons. The van der Waals surface area contributed by atoms with Crippen LogP contribution in [0.4, 0.5) is 5.69 Å². The number of rotatable bonds is 3. The van der Waals surface area contributed by atoms with Gasteiger partial charge in [-0.3, -0.25) is 0 Å². The van der Waals surface area contributed by atoms with Gasteiger partial charge in [-0.05, 0) is 30.3 Å². The molecule has 2 heterocycles. The van der Waals surface area contributed by atoms with Crippen molar-refractivity contribution in [2.75, 3.05) is 12.8 Å². The predicted octanol–water partition coefficient (Wildman–Crippen LogP) is 1.70. The SMILES string of the molecule is COC(=O)c1cc(N)cnc1Sc1ncc(C)cn1. The maximum atomic E-state index is 11.7. The monoisotopic (exact) mass is 276 g/mol. The van der Waals surface area contributed by atoms with Crippen molar-refractivity contribution < 1.29 is 9.53 Å². The average molecular weight is 276 g/mol. The highest BCUT2D eigenvalue weighted by Crippen LogP contribution is 2.27. The first kappa shape index (κ1) is 13.3. The Balaban J connectivity index is 2.34. The zero-order chi connectivity index (χ0) is 13.8. The molecule has 0 bridgehead atoms. The summed E-state index contributed by atoms with van der Waals surface area (Å²) in [6.07, 6.45) is 4.87. The van der Waals surface area contributed by atoms with Gasteiger partial charge >= 0.3 is 5.97 Å². The number of esters is 1. The quantitative estimate of drug-likeness (QED) is 0.673. The Labute approximate surface area is 114 Å². The van der Waals surface area contributed by atoms with Gasteiger partial charge in [-0.15, -0.1) is 0 Å². The number of carbonyl (C=O) groups excluding carboxylic acids is 1. The molecule has 2 aromatic heterocycles. The van der Waals surface area contributed by atoms with E-state index in [2.05, 4.69) is 15.0 Å². The number of methoxy groups -OCH3 is 1. The number of carbonyl (C=O) groups is 1. The second-order valence-electron chi connectivity index (χ2n) is 3.76. The number of nitrogen functional groups attached to an aromatic ring is 1. The van der Waals surface area contributed by atoms with Crippen LogP contribution < -0.4 is 5.73 Å². The molecule has 0 aliphatic carbocycles. The van der Waals surface area contributed by atoms with Gasteiger partial charge in [0.2, 0.25) is 0 Å². The van der Waals surface area contributed by atoms with Crippen molar-refractivity contribution >= 4 is 23.4 Å². The van der Waals surface area contributed by atoms with Gasteiger partial charge in [0, 0.05) is 12.4 Å². The highest BCUT2D eigenvalue weighted by molar-refractivity contribution is 7.99. The molecule has 0 saturated heterocycles. The van der Waals surface area contributed by atoms with E-state index < -0.39 is 5.97 Å². The lowest BCUT2D eigenvalue weighted by atomic mass is 10.3. The van der Waals surface area contributed by atoms with Crippen molar-refractivity contribution in [3.63, 3.8) is 0 Å². The van der Waals surface area contributed by atoms with Crippen LogP contribution in [-0.2, 0) is 4.74 Å². The zero-order valence-electron chi connectivity index (χ0n) is 10.5. The van der Waals surface area contributed by atoms with Gasteiger partial charge in [0.25, 0.3) is 0 Å². The van der Waals surface area contributed by atoms with E-state index in [0.29, 0.717) is 21.4 Å². The van der Waals surface area contributed by atoms with Gasteiger partial charge in [-0.25, -0.2) is 19.7 Å². The van der Waals surface area contributed by atoms with Crippen molar-refractivity contribution in [2.24, 2.45) is 0 Å². The number of aryl methyl sites for hydroxylation is 1. The number of anilines is 1. The minimum Gasteiger partial charge on any atom is -0.465 e. The fraction of sp³-hybridized carbons (Fsp3) is 0.167. The van der Waals surface area contributed by atoms with E-state index >= 15 is 0 Å². The van der Waals surface area contributed by atoms with Crippen molar-refractivity contribution in [3.8, 4) is 0 Å². The zero-order valence-corrected chi connectivity index (χ0v) is 11.3. The largest absolute Gasteiger partial charge is 0.465 e. The Morgan fingerprint density at radius 1 is 1.26 bits per heavy atom. The number of ether oxygens (including phenoxy) is 1. The van der Waals surface area contributed by atoms with Crippen LogP contribution in [0.1, 0.15) is 15.9 Å². The van der Waals surface area contributed by atoms with E-state index in [1.54, 1.807) is 12.4 Å². The number of hydrogen-bond acceptors (Lipinski definition) is 7. The molecular formula is C12H12N4O2S. The number of pyridine rings is 1. The van der Waals surface area contributed by atoms with Crippen molar-refractivity contribution in [1.82, 2.24) is 15.0 Å². The predicted molar refractivity (Wildman–Crippen MR) is 70.9 cm³/mol. The minimum atomic E-state index is -0.491. The highest BCUT2D eigenvalue weighted by atomic mass is 32.2. The standard InChI is InChI=1S/C12H12N4O2S/c1-7-4-15-12(16-5-7)19-10-9(11(17)18-2)3-8(13)6-14-10/h3-6H,13H2,1-2H3. The molecule has 0 unspecified atom stereocenters. The van der Waals surface area contributed by atoms with Crippen LogP contribution in [0.5, 0.6) is 0 Å². The average Bonchev–Trinajstić information content (AvgIpc) is 2.42. The van der Waals surface area contributed by atoms with E-state index in [-0.39, 0.29) is 0 Å². The molecule has 98 valence electrons. The first-order valence-electron chi connectivity index (χ1n) is 5.40. The third-order valence-corrected chi connectivity index (χ3v) is 3.13. The van der Waals surface area contributed by atoms with E-state index in [9.17, 15) is 4.79 Å². The summed E-state index contributed by atoms with van der Waals surface area (Å²) in [5, 5.41) is 0.970. The third-order valence-electron chi connectivity index (χ3n) is 2.22. The minimum absolute atomic E-state index is 0.302. The summed E-state index contributed by atoms with van der Waals surface area (Å²) in [7, 11) is 1.31. The molecule has 2 N–H and O–H groups in total. The van der Waals surface area contributed by atoms with Crippen molar-refractivity contribution in [3.05, 3.63) is 35.8 Å². The van der Waals surface area contributed by atoms with Crippen molar-refractivity contribution in [2.45, 2.75) is 17.1 Å². The summed E-state index contributed by atoms with van der Waals surface area (Å²) in [6.45, 7) is 1.90. The van der Waals surface area contributed by atoms with E-state index in [0.717, 1.165) is 5.56 Å². The van der Waals surface area contributed by atoms with Gasteiger partial charge in [0.15, 0.2) is 5.16 Å². The van der Waals surface area contributed by atoms with Gasteiger partial charge in [0.05, 0.1) is 24.6 Å². The van der Waals surface area contributed by atoms with Crippen LogP contribution in [0.25, 0.3) is 0 Å². The fourth-order valence-electron chi connectivity index (χ4n) is 1.33. The molecule has 6 nitrogen and oxygen atoms in total. The van der Waals surface area contributed by atoms with E-state index in [1.165, 1.54) is 31.1 Å². The number of hydrogen-bond donors (Lipinski definition) is 1. The van der Waals surface area contributed by atoms with Crippen LogP contribution in [-0.4, -0.2) is 28.0 Å². The maximum absolute atomic E-state index is 11.7. The Kier molecular flexibility index (Phi) is 3.96. The third kappa shape index (κ3) is 3.19. The lowest BCUT2D eigenvalue weighted by Crippen LogP contribution is -2.06. The summed E-state index contributed by atoms with van der Waals surface area (Å²) in [4.78, 5) is 24.1. The molecule has 7 heteroatoms. The second-order valence-corrected chi connectivity index (χ2v) is 4.71. The molecule has 0 aliphatic rings.